The van der Waals surface area contributed by atoms with Crippen LogP contribution in [-0.2, 0) is 11.2 Å². The molecule has 0 fully saturated rings. The van der Waals surface area contributed by atoms with Crippen LogP contribution in [0.4, 0.5) is 4.79 Å². The van der Waals surface area contributed by atoms with Gasteiger partial charge in [-0.15, -0.1) is 0 Å². The summed E-state index contributed by atoms with van der Waals surface area (Å²) in [5, 5.41) is 14.3. The Kier molecular flexibility index (Phi) is 6.19. The molecule has 0 aliphatic heterocycles. The maximum absolute atomic E-state index is 11.7. The summed E-state index contributed by atoms with van der Waals surface area (Å²) in [6.07, 6.45) is -0.00982. The molecule has 0 radical (unpaired) electrons. The molecule has 21 heavy (non-hydrogen) atoms. The number of aromatic carboxylic acids is 1. The number of carbonyl (C=O) groups excluding carboxylic acids is 2. The van der Waals surface area contributed by atoms with Gasteiger partial charge in [0, 0.05) is 27.2 Å². The van der Waals surface area contributed by atoms with Crippen LogP contribution in [0.3, 0.4) is 0 Å². The number of urea groups is 1. The maximum atomic E-state index is 11.7. The molecule has 0 aliphatic rings. The van der Waals surface area contributed by atoms with Gasteiger partial charge in [0.05, 0.1) is 12.0 Å². The zero-order valence-electron chi connectivity index (χ0n) is 12.0. The molecule has 0 saturated heterocycles. The minimum Gasteiger partial charge on any atom is -0.478 e. The molecular weight excluding hydrogens is 274 g/mol. The lowest BCUT2D eigenvalue weighted by atomic mass is 10.0. The van der Waals surface area contributed by atoms with Gasteiger partial charge in [0.1, 0.15) is 0 Å². The van der Waals surface area contributed by atoms with E-state index >= 15 is 0 Å². The lowest BCUT2D eigenvalue weighted by molar-refractivity contribution is -0.120. The number of carboxylic acids is 1. The van der Waals surface area contributed by atoms with E-state index in [0.717, 1.165) is 0 Å². The summed E-state index contributed by atoms with van der Waals surface area (Å²) in [7, 11) is 3.24. The number of hydrogen-bond donors (Lipinski definition) is 3. The van der Waals surface area contributed by atoms with Crippen molar-refractivity contribution < 1.29 is 19.5 Å². The van der Waals surface area contributed by atoms with Crippen LogP contribution in [0.25, 0.3) is 0 Å². The van der Waals surface area contributed by atoms with E-state index in [0.29, 0.717) is 12.1 Å². The third-order valence-electron chi connectivity index (χ3n) is 2.73. The summed E-state index contributed by atoms with van der Waals surface area (Å²) in [5.41, 5.74) is 0.577. The van der Waals surface area contributed by atoms with Crippen molar-refractivity contribution in [3.63, 3.8) is 0 Å². The van der Waals surface area contributed by atoms with Gasteiger partial charge in [-0.05, 0) is 11.6 Å². The van der Waals surface area contributed by atoms with Gasteiger partial charge in [-0.1, -0.05) is 18.2 Å². The van der Waals surface area contributed by atoms with Gasteiger partial charge in [0.15, 0.2) is 0 Å². The summed E-state index contributed by atoms with van der Waals surface area (Å²) in [5.74, 6) is -1.35. The van der Waals surface area contributed by atoms with Crippen molar-refractivity contribution in [3.05, 3.63) is 35.4 Å². The van der Waals surface area contributed by atoms with Crippen molar-refractivity contribution in [1.29, 1.82) is 0 Å². The fourth-order valence-corrected chi connectivity index (χ4v) is 1.65. The molecule has 114 valence electrons. The highest BCUT2D eigenvalue weighted by molar-refractivity contribution is 5.91. The maximum Gasteiger partial charge on any atom is 0.335 e. The van der Waals surface area contributed by atoms with Crippen LogP contribution < -0.4 is 10.6 Å². The Labute approximate surface area is 122 Å². The number of hydrogen-bond acceptors (Lipinski definition) is 3. The molecule has 3 N–H and O–H groups in total. The first-order valence-corrected chi connectivity index (χ1v) is 6.45. The van der Waals surface area contributed by atoms with Gasteiger partial charge in [0.2, 0.25) is 5.91 Å². The van der Waals surface area contributed by atoms with E-state index < -0.39 is 5.97 Å². The fraction of sp³-hybridized carbons (Fsp3) is 0.357. The second-order valence-corrected chi connectivity index (χ2v) is 4.62. The molecule has 0 atom stereocenters. The molecule has 1 aromatic rings. The third-order valence-corrected chi connectivity index (χ3v) is 2.73. The SMILES string of the molecule is CN(C)C(=O)NCCNC(=O)Cc1ccccc1C(=O)O. The summed E-state index contributed by atoms with van der Waals surface area (Å²) < 4.78 is 0. The normalized spacial score (nSPS) is 9.81. The van der Waals surface area contributed by atoms with E-state index in [4.69, 9.17) is 5.11 Å². The predicted octanol–water partition coefficient (Wildman–Crippen LogP) is 0.315. The molecule has 7 nitrogen and oxygen atoms in total. The molecule has 0 unspecified atom stereocenters. The summed E-state index contributed by atoms with van der Waals surface area (Å²) in [6.45, 7) is 0.594. The molecule has 1 aromatic carbocycles. The minimum absolute atomic E-state index is 0.00982. The van der Waals surface area contributed by atoms with Crippen molar-refractivity contribution in [3.8, 4) is 0 Å². The molecule has 7 heteroatoms. The van der Waals surface area contributed by atoms with Crippen molar-refractivity contribution in [1.82, 2.24) is 15.5 Å². The minimum atomic E-state index is -1.06. The van der Waals surface area contributed by atoms with Gasteiger partial charge >= 0.3 is 12.0 Å². The van der Waals surface area contributed by atoms with Crippen molar-refractivity contribution in [2.75, 3.05) is 27.2 Å². The quantitative estimate of drug-likeness (QED) is 0.658. The Bertz CT molecular complexity index is 529. The summed E-state index contributed by atoms with van der Waals surface area (Å²) in [4.78, 5) is 35.4. The summed E-state index contributed by atoms with van der Waals surface area (Å²) in [6, 6.07) is 6.13. The van der Waals surface area contributed by atoms with E-state index in [2.05, 4.69) is 10.6 Å². The molecule has 0 saturated carbocycles. The Morgan fingerprint density at radius 1 is 1.10 bits per heavy atom. The highest BCUT2D eigenvalue weighted by atomic mass is 16.4. The molecule has 3 amide bonds. The standard InChI is InChI=1S/C14H19N3O4/c1-17(2)14(21)16-8-7-15-12(18)9-10-5-3-4-6-11(10)13(19)20/h3-6H,7-9H2,1-2H3,(H,15,18)(H,16,21)(H,19,20). The third kappa shape index (κ3) is 5.52. The molecule has 0 heterocycles. The predicted molar refractivity (Wildman–Crippen MR) is 77.2 cm³/mol. The van der Waals surface area contributed by atoms with Crippen LogP contribution in [0.2, 0.25) is 0 Å². The van der Waals surface area contributed by atoms with Crippen LogP contribution in [0.1, 0.15) is 15.9 Å². The Morgan fingerprint density at radius 2 is 1.71 bits per heavy atom. The monoisotopic (exact) mass is 293 g/mol. The van der Waals surface area contributed by atoms with E-state index in [-0.39, 0.29) is 30.5 Å². The van der Waals surface area contributed by atoms with E-state index in [9.17, 15) is 14.4 Å². The number of carboxylic acid groups (broad SMARTS) is 1. The van der Waals surface area contributed by atoms with Gasteiger partial charge < -0.3 is 20.6 Å². The zero-order valence-corrected chi connectivity index (χ0v) is 12.0. The first kappa shape index (κ1) is 16.5. The van der Waals surface area contributed by atoms with Crippen LogP contribution in [0.5, 0.6) is 0 Å². The first-order chi connectivity index (χ1) is 9.91. The molecule has 0 bridgehead atoms. The number of nitrogens with zero attached hydrogens (tertiary/aromatic N) is 1. The van der Waals surface area contributed by atoms with Crippen molar-refractivity contribution in [2.45, 2.75) is 6.42 Å². The highest BCUT2D eigenvalue weighted by Gasteiger charge is 2.12. The number of carbonyl (C=O) groups is 3. The van der Waals surface area contributed by atoms with Crippen molar-refractivity contribution >= 4 is 17.9 Å². The van der Waals surface area contributed by atoms with E-state index in [1.807, 2.05) is 0 Å². The average molecular weight is 293 g/mol. The summed E-state index contributed by atoms with van der Waals surface area (Å²) >= 11 is 0. The Morgan fingerprint density at radius 3 is 2.33 bits per heavy atom. The molecule has 0 spiro atoms. The first-order valence-electron chi connectivity index (χ1n) is 6.45. The number of amides is 3. The van der Waals surface area contributed by atoms with Gasteiger partial charge in [-0.2, -0.15) is 0 Å². The van der Waals surface area contributed by atoms with Gasteiger partial charge in [-0.3, -0.25) is 4.79 Å². The topological polar surface area (TPSA) is 98.7 Å². The molecule has 0 aromatic heterocycles. The average Bonchev–Trinajstić information content (AvgIpc) is 2.43. The van der Waals surface area contributed by atoms with Gasteiger partial charge in [0.25, 0.3) is 0 Å². The number of rotatable bonds is 6. The smallest absolute Gasteiger partial charge is 0.335 e. The lowest BCUT2D eigenvalue weighted by Gasteiger charge is -2.12. The Balaban J connectivity index is 2.41. The van der Waals surface area contributed by atoms with E-state index in [1.54, 1.807) is 32.3 Å². The number of benzene rings is 1. The second-order valence-electron chi connectivity index (χ2n) is 4.62. The molecule has 0 aliphatic carbocycles. The van der Waals surface area contributed by atoms with Crippen LogP contribution in [-0.4, -0.2) is 55.1 Å². The van der Waals surface area contributed by atoms with Crippen LogP contribution >= 0.6 is 0 Å². The van der Waals surface area contributed by atoms with Gasteiger partial charge in [-0.25, -0.2) is 9.59 Å². The zero-order chi connectivity index (χ0) is 15.8. The largest absolute Gasteiger partial charge is 0.478 e. The molecule has 1 rings (SSSR count). The lowest BCUT2D eigenvalue weighted by Crippen LogP contribution is -2.40. The van der Waals surface area contributed by atoms with Crippen molar-refractivity contribution in [2.24, 2.45) is 0 Å². The fourth-order valence-electron chi connectivity index (χ4n) is 1.65. The second kappa shape index (κ2) is 7.88. The Hall–Kier alpha value is -2.57. The van der Waals surface area contributed by atoms with E-state index in [1.165, 1.54) is 11.0 Å². The van der Waals surface area contributed by atoms with Crippen LogP contribution in [0, 0.1) is 0 Å². The number of nitrogens with one attached hydrogen (secondary N) is 2. The van der Waals surface area contributed by atoms with Crippen LogP contribution in [0.15, 0.2) is 24.3 Å². The molecular formula is C14H19N3O4. The highest BCUT2D eigenvalue weighted by Crippen LogP contribution is 2.09.